The highest BCUT2D eigenvalue weighted by Gasteiger charge is 2.29. The van der Waals surface area contributed by atoms with Crippen molar-refractivity contribution in [2.75, 3.05) is 0 Å². The Morgan fingerprint density at radius 3 is 2.56 bits per heavy atom. The van der Waals surface area contributed by atoms with Crippen molar-refractivity contribution in [2.45, 2.75) is 29.9 Å². The van der Waals surface area contributed by atoms with E-state index in [9.17, 15) is 13.6 Å². The molecule has 0 aliphatic carbocycles. The second-order valence-corrected chi connectivity index (χ2v) is 4.90. The van der Waals surface area contributed by atoms with Crippen molar-refractivity contribution < 1.29 is 18.7 Å². The molecule has 0 aliphatic rings. The first-order valence-electron chi connectivity index (χ1n) is 4.63. The molecule has 1 aromatic rings. The third-order valence-corrected chi connectivity index (χ3v) is 3.02. The molecule has 16 heavy (non-hydrogen) atoms. The molecule has 0 unspecified atom stereocenters. The molecule has 0 amide bonds. The highest BCUT2D eigenvalue weighted by atomic mass is 32.2. The third-order valence-electron chi connectivity index (χ3n) is 2.32. The number of benzene rings is 1. The topological polar surface area (TPSA) is 37.3 Å². The first-order valence-corrected chi connectivity index (χ1v) is 5.51. The molecular weight excluding hydrogens is 234 g/mol. The summed E-state index contributed by atoms with van der Waals surface area (Å²) in [7, 11) is 0. The highest BCUT2D eigenvalue weighted by Crippen LogP contribution is 2.30. The van der Waals surface area contributed by atoms with Crippen molar-refractivity contribution >= 4 is 17.7 Å². The summed E-state index contributed by atoms with van der Waals surface area (Å²) in [6.45, 7) is 3.09. The third kappa shape index (κ3) is 2.95. The Labute approximate surface area is 96.7 Å². The van der Waals surface area contributed by atoms with Gasteiger partial charge in [0.2, 0.25) is 0 Å². The summed E-state index contributed by atoms with van der Waals surface area (Å²) in [4.78, 5) is 11.4. The molecule has 0 aromatic heterocycles. The number of hydrogen-bond donors (Lipinski definition) is 1. The standard InChI is InChI=1S/C11H12F2O2S/c1-11(2,9(14)15)7-4-3-5-8(6-7)16-10(12)13/h3-6,10H,1-2H3,(H,14,15). The fourth-order valence-electron chi connectivity index (χ4n) is 1.18. The predicted molar refractivity (Wildman–Crippen MR) is 59.0 cm³/mol. The molecule has 1 rings (SSSR count). The molecule has 1 N–H and O–H groups in total. The van der Waals surface area contributed by atoms with Gasteiger partial charge in [-0.25, -0.2) is 0 Å². The zero-order valence-corrected chi connectivity index (χ0v) is 9.72. The van der Waals surface area contributed by atoms with Crippen LogP contribution in [0.1, 0.15) is 19.4 Å². The van der Waals surface area contributed by atoms with Gasteiger partial charge in [0.05, 0.1) is 5.41 Å². The summed E-state index contributed by atoms with van der Waals surface area (Å²) in [5.41, 5.74) is -0.552. The van der Waals surface area contributed by atoms with Gasteiger partial charge in [0, 0.05) is 4.90 Å². The van der Waals surface area contributed by atoms with Gasteiger partial charge in [-0.3, -0.25) is 4.79 Å². The van der Waals surface area contributed by atoms with Crippen molar-refractivity contribution in [1.29, 1.82) is 0 Å². The molecule has 0 saturated heterocycles. The van der Waals surface area contributed by atoms with E-state index >= 15 is 0 Å². The number of alkyl halides is 2. The van der Waals surface area contributed by atoms with Crippen LogP contribution < -0.4 is 0 Å². The number of hydrogen-bond acceptors (Lipinski definition) is 2. The van der Waals surface area contributed by atoms with Crippen LogP contribution in [0.2, 0.25) is 0 Å². The number of thioether (sulfide) groups is 1. The van der Waals surface area contributed by atoms with Crippen LogP contribution in [0.5, 0.6) is 0 Å². The molecule has 0 fully saturated rings. The second kappa shape index (κ2) is 4.82. The van der Waals surface area contributed by atoms with E-state index in [1.54, 1.807) is 26.0 Å². The summed E-state index contributed by atoms with van der Waals surface area (Å²) in [5, 5.41) is 9.01. The molecule has 1 aromatic carbocycles. The highest BCUT2D eigenvalue weighted by molar-refractivity contribution is 7.99. The second-order valence-electron chi connectivity index (χ2n) is 3.84. The van der Waals surface area contributed by atoms with Crippen LogP contribution in [0.4, 0.5) is 8.78 Å². The largest absolute Gasteiger partial charge is 0.481 e. The molecule has 5 heteroatoms. The van der Waals surface area contributed by atoms with Gasteiger partial charge in [-0.2, -0.15) is 8.78 Å². The van der Waals surface area contributed by atoms with E-state index in [0.717, 1.165) is 0 Å². The van der Waals surface area contributed by atoms with Crippen molar-refractivity contribution in [3.05, 3.63) is 29.8 Å². The van der Waals surface area contributed by atoms with E-state index in [1.165, 1.54) is 12.1 Å². The molecule has 0 bridgehead atoms. The lowest BCUT2D eigenvalue weighted by molar-refractivity contribution is -0.142. The minimum Gasteiger partial charge on any atom is -0.481 e. The van der Waals surface area contributed by atoms with Gasteiger partial charge in [-0.15, -0.1) is 0 Å². The van der Waals surface area contributed by atoms with Crippen LogP contribution in [0, 0.1) is 0 Å². The van der Waals surface area contributed by atoms with Gasteiger partial charge in [0.25, 0.3) is 5.76 Å². The number of rotatable bonds is 4. The Kier molecular flexibility index (Phi) is 3.91. The zero-order valence-electron chi connectivity index (χ0n) is 8.91. The van der Waals surface area contributed by atoms with Gasteiger partial charge in [0.1, 0.15) is 0 Å². The molecule has 2 nitrogen and oxygen atoms in total. The van der Waals surface area contributed by atoms with E-state index in [4.69, 9.17) is 5.11 Å². The first-order chi connectivity index (χ1) is 7.34. The molecule has 0 spiro atoms. The smallest absolute Gasteiger partial charge is 0.313 e. The SMILES string of the molecule is CC(C)(C(=O)O)c1cccc(SC(F)F)c1. The van der Waals surface area contributed by atoms with Crippen LogP contribution in [-0.4, -0.2) is 16.8 Å². The summed E-state index contributed by atoms with van der Waals surface area (Å²) in [5.74, 6) is -3.48. The van der Waals surface area contributed by atoms with Crippen LogP contribution in [0.3, 0.4) is 0 Å². The lowest BCUT2D eigenvalue weighted by Gasteiger charge is -2.20. The average Bonchev–Trinajstić information content (AvgIpc) is 2.16. The number of aliphatic carboxylic acids is 1. The Bertz CT molecular complexity index is 391. The average molecular weight is 246 g/mol. The molecule has 0 saturated carbocycles. The van der Waals surface area contributed by atoms with E-state index in [2.05, 4.69) is 0 Å². The Morgan fingerprint density at radius 1 is 1.44 bits per heavy atom. The maximum absolute atomic E-state index is 12.2. The fraction of sp³-hybridized carbons (Fsp3) is 0.364. The Morgan fingerprint density at radius 2 is 2.06 bits per heavy atom. The molecule has 88 valence electrons. The maximum atomic E-state index is 12.2. The van der Waals surface area contributed by atoms with Gasteiger partial charge < -0.3 is 5.11 Å². The van der Waals surface area contributed by atoms with Crippen LogP contribution in [-0.2, 0) is 10.2 Å². The number of carboxylic acid groups (broad SMARTS) is 1. The Hall–Kier alpha value is -1.10. The zero-order chi connectivity index (χ0) is 12.3. The van der Waals surface area contributed by atoms with Crippen LogP contribution in [0.25, 0.3) is 0 Å². The van der Waals surface area contributed by atoms with Crippen molar-refractivity contribution in [3.63, 3.8) is 0 Å². The van der Waals surface area contributed by atoms with Crippen molar-refractivity contribution in [2.24, 2.45) is 0 Å². The summed E-state index contributed by atoms with van der Waals surface area (Å²) in [6, 6.07) is 6.25. The minimum absolute atomic E-state index is 0.377. The van der Waals surface area contributed by atoms with Gasteiger partial charge in [0.15, 0.2) is 0 Å². The molecule has 0 radical (unpaired) electrons. The van der Waals surface area contributed by atoms with Gasteiger partial charge >= 0.3 is 5.97 Å². The number of carboxylic acids is 1. The van der Waals surface area contributed by atoms with Crippen molar-refractivity contribution in [1.82, 2.24) is 0 Å². The lowest BCUT2D eigenvalue weighted by Crippen LogP contribution is -2.28. The van der Waals surface area contributed by atoms with E-state index < -0.39 is 17.1 Å². The van der Waals surface area contributed by atoms with Gasteiger partial charge in [-0.05, 0) is 31.5 Å². The van der Waals surface area contributed by atoms with E-state index in [-0.39, 0.29) is 0 Å². The van der Waals surface area contributed by atoms with Crippen molar-refractivity contribution in [3.8, 4) is 0 Å². The summed E-state index contributed by atoms with van der Waals surface area (Å²) in [6.07, 6.45) is 0. The molecule has 0 heterocycles. The normalized spacial score (nSPS) is 11.8. The monoisotopic (exact) mass is 246 g/mol. The van der Waals surface area contributed by atoms with Gasteiger partial charge in [-0.1, -0.05) is 23.9 Å². The van der Waals surface area contributed by atoms with E-state index in [0.29, 0.717) is 22.2 Å². The molecule has 0 aliphatic heterocycles. The fourth-order valence-corrected chi connectivity index (χ4v) is 1.74. The maximum Gasteiger partial charge on any atom is 0.313 e. The minimum atomic E-state index is -2.50. The lowest BCUT2D eigenvalue weighted by atomic mass is 9.85. The first kappa shape index (κ1) is 13.0. The molecule has 0 atom stereocenters. The Balaban J connectivity index is 3.03. The van der Waals surface area contributed by atoms with E-state index in [1.807, 2.05) is 0 Å². The number of carbonyl (C=O) groups is 1. The summed E-state index contributed by atoms with van der Waals surface area (Å²) < 4.78 is 24.3. The van der Waals surface area contributed by atoms with Crippen LogP contribution in [0.15, 0.2) is 29.2 Å². The summed E-state index contributed by atoms with van der Waals surface area (Å²) >= 11 is 0.414. The molecular formula is C11H12F2O2S. The quantitative estimate of drug-likeness (QED) is 0.828. The predicted octanol–water partition coefficient (Wildman–Crippen LogP) is 3.36. The van der Waals surface area contributed by atoms with Crippen LogP contribution >= 0.6 is 11.8 Å². The number of halogens is 2.